The third-order valence-electron chi connectivity index (χ3n) is 4.13. The van der Waals surface area contributed by atoms with Gasteiger partial charge in [0.05, 0.1) is 0 Å². The van der Waals surface area contributed by atoms with Crippen molar-refractivity contribution < 1.29 is 27.8 Å². The number of amides is 2. The Bertz CT molecular complexity index is 715. The molecule has 1 fully saturated rings. The third-order valence-corrected chi connectivity index (χ3v) is 4.13. The Morgan fingerprint density at radius 2 is 1.92 bits per heavy atom. The Hall–Kier alpha value is -2.38. The molecule has 0 aliphatic carbocycles. The minimum Gasteiger partial charge on any atom is -0.395 e. The molecule has 2 aliphatic rings. The molecule has 2 amide bonds. The van der Waals surface area contributed by atoms with E-state index in [1.54, 1.807) is 25.7 Å². The van der Waals surface area contributed by atoms with Gasteiger partial charge in [0.25, 0.3) is 0 Å². The molecule has 0 unspecified atom stereocenters. The molecule has 136 valence electrons. The van der Waals surface area contributed by atoms with E-state index in [0.29, 0.717) is 18.7 Å². The van der Waals surface area contributed by atoms with Crippen molar-refractivity contribution in [1.82, 2.24) is 4.90 Å². The van der Waals surface area contributed by atoms with Crippen LogP contribution >= 0.6 is 0 Å². The molecule has 2 heterocycles. The van der Waals surface area contributed by atoms with Gasteiger partial charge >= 0.3 is 6.29 Å². The molecular weight excluding hydrogens is 334 g/mol. The molecule has 1 aromatic carbocycles. The summed E-state index contributed by atoms with van der Waals surface area (Å²) >= 11 is 0. The molecular formula is C17H20F2N2O4. The van der Waals surface area contributed by atoms with Crippen LogP contribution < -0.4 is 14.8 Å². The standard InChI is InChI=1S/C17H20F2N2O4/c1-16(2,3)15(23)21-8-4-5-11(21)14(22)20-10-6-7-12-13(9-10)25-17(18,19)24-12/h6-7,9,11H,4-5,8H2,1-3H3,(H,20,22)/t11-/m1/s1. The minimum absolute atomic E-state index is 0.0875. The maximum Gasteiger partial charge on any atom is 0.586 e. The molecule has 0 bridgehead atoms. The van der Waals surface area contributed by atoms with Crippen molar-refractivity contribution in [2.75, 3.05) is 11.9 Å². The molecule has 0 saturated carbocycles. The van der Waals surface area contributed by atoms with Crippen LogP contribution in [0.1, 0.15) is 33.6 Å². The number of carbonyl (C=O) groups excluding carboxylic acids is 2. The monoisotopic (exact) mass is 354 g/mol. The van der Waals surface area contributed by atoms with E-state index >= 15 is 0 Å². The highest BCUT2D eigenvalue weighted by molar-refractivity contribution is 5.98. The van der Waals surface area contributed by atoms with Gasteiger partial charge in [0.15, 0.2) is 11.5 Å². The molecule has 1 N–H and O–H groups in total. The number of hydrogen-bond donors (Lipinski definition) is 1. The van der Waals surface area contributed by atoms with Gasteiger partial charge in [0, 0.05) is 23.7 Å². The fourth-order valence-electron chi connectivity index (χ4n) is 2.97. The van der Waals surface area contributed by atoms with Crippen molar-refractivity contribution in [3.8, 4) is 11.5 Å². The first kappa shape index (κ1) is 17.4. The zero-order chi connectivity index (χ0) is 18.4. The zero-order valence-corrected chi connectivity index (χ0v) is 14.3. The highest BCUT2D eigenvalue weighted by Gasteiger charge is 2.43. The molecule has 1 aromatic rings. The van der Waals surface area contributed by atoms with E-state index in [2.05, 4.69) is 14.8 Å². The summed E-state index contributed by atoms with van der Waals surface area (Å²) in [5.74, 6) is -0.665. The Labute approximate surface area is 144 Å². The van der Waals surface area contributed by atoms with Crippen LogP contribution in [0, 0.1) is 5.41 Å². The highest BCUT2D eigenvalue weighted by Crippen LogP contribution is 2.42. The second-order valence-corrected chi connectivity index (χ2v) is 7.22. The van der Waals surface area contributed by atoms with E-state index in [-0.39, 0.29) is 23.3 Å². The lowest BCUT2D eigenvalue weighted by atomic mass is 9.94. The van der Waals surface area contributed by atoms with Crippen molar-refractivity contribution in [1.29, 1.82) is 0 Å². The molecule has 0 radical (unpaired) electrons. The van der Waals surface area contributed by atoms with E-state index in [4.69, 9.17) is 0 Å². The van der Waals surface area contributed by atoms with E-state index in [1.165, 1.54) is 18.2 Å². The summed E-state index contributed by atoms with van der Waals surface area (Å²) < 4.78 is 34.8. The third kappa shape index (κ3) is 3.52. The number of benzene rings is 1. The topological polar surface area (TPSA) is 67.9 Å². The van der Waals surface area contributed by atoms with Crippen LogP contribution in [0.15, 0.2) is 18.2 Å². The largest absolute Gasteiger partial charge is 0.586 e. The number of halogens is 2. The number of anilines is 1. The fraction of sp³-hybridized carbons (Fsp3) is 0.529. The average molecular weight is 354 g/mol. The van der Waals surface area contributed by atoms with Crippen LogP contribution in [0.2, 0.25) is 0 Å². The predicted octanol–water partition coefficient (Wildman–Crippen LogP) is 2.98. The quantitative estimate of drug-likeness (QED) is 0.887. The first-order valence-electron chi connectivity index (χ1n) is 8.09. The number of carbonyl (C=O) groups is 2. The molecule has 8 heteroatoms. The number of nitrogens with zero attached hydrogens (tertiary/aromatic N) is 1. The number of nitrogens with one attached hydrogen (secondary N) is 1. The van der Waals surface area contributed by atoms with E-state index in [1.807, 2.05) is 0 Å². The van der Waals surface area contributed by atoms with Gasteiger partial charge < -0.3 is 19.7 Å². The molecule has 25 heavy (non-hydrogen) atoms. The maximum absolute atomic E-state index is 13.1. The summed E-state index contributed by atoms with van der Waals surface area (Å²) in [7, 11) is 0. The fourth-order valence-corrected chi connectivity index (χ4v) is 2.97. The molecule has 1 atom stereocenters. The van der Waals surface area contributed by atoms with E-state index < -0.39 is 17.8 Å². The average Bonchev–Trinajstić information content (AvgIpc) is 3.07. The SMILES string of the molecule is CC(C)(C)C(=O)N1CCC[C@@H]1C(=O)Nc1ccc2c(c1)OC(F)(F)O2. The highest BCUT2D eigenvalue weighted by atomic mass is 19.3. The Morgan fingerprint density at radius 3 is 2.60 bits per heavy atom. The lowest BCUT2D eigenvalue weighted by Crippen LogP contribution is -2.47. The van der Waals surface area contributed by atoms with Crippen LogP contribution in [-0.4, -0.2) is 35.6 Å². The summed E-state index contributed by atoms with van der Waals surface area (Å²) in [5.41, 5.74) is -0.271. The molecule has 2 aliphatic heterocycles. The van der Waals surface area contributed by atoms with Gasteiger partial charge in [-0.15, -0.1) is 8.78 Å². The van der Waals surface area contributed by atoms with E-state index in [9.17, 15) is 18.4 Å². The Kier molecular flexibility index (Phi) is 4.09. The minimum atomic E-state index is -3.70. The number of alkyl halides is 2. The summed E-state index contributed by atoms with van der Waals surface area (Å²) in [6, 6.07) is 3.46. The predicted molar refractivity (Wildman–Crippen MR) is 85.5 cm³/mol. The van der Waals surface area contributed by atoms with Gasteiger partial charge in [-0.1, -0.05) is 20.8 Å². The summed E-state index contributed by atoms with van der Waals surface area (Å²) in [6.07, 6.45) is -2.39. The van der Waals surface area contributed by atoms with Gasteiger partial charge in [-0.25, -0.2) is 0 Å². The normalized spacial score (nSPS) is 21.3. The summed E-state index contributed by atoms with van der Waals surface area (Å²) in [4.78, 5) is 26.6. The van der Waals surface area contributed by atoms with Crippen molar-refractivity contribution in [2.45, 2.75) is 45.9 Å². The smallest absolute Gasteiger partial charge is 0.395 e. The number of rotatable bonds is 2. The van der Waals surface area contributed by atoms with Crippen LogP contribution in [0.5, 0.6) is 11.5 Å². The van der Waals surface area contributed by atoms with Crippen molar-refractivity contribution in [3.63, 3.8) is 0 Å². The van der Waals surface area contributed by atoms with Crippen molar-refractivity contribution in [3.05, 3.63) is 18.2 Å². The van der Waals surface area contributed by atoms with E-state index in [0.717, 1.165) is 6.42 Å². The van der Waals surface area contributed by atoms with Crippen LogP contribution in [0.3, 0.4) is 0 Å². The van der Waals surface area contributed by atoms with Crippen molar-refractivity contribution >= 4 is 17.5 Å². The van der Waals surface area contributed by atoms with Crippen LogP contribution in [-0.2, 0) is 9.59 Å². The molecule has 0 spiro atoms. The van der Waals surface area contributed by atoms with Gasteiger partial charge in [-0.05, 0) is 25.0 Å². The van der Waals surface area contributed by atoms with Crippen molar-refractivity contribution in [2.24, 2.45) is 5.41 Å². The molecule has 0 aromatic heterocycles. The van der Waals surface area contributed by atoms with Crippen LogP contribution in [0.25, 0.3) is 0 Å². The Morgan fingerprint density at radius 1 is 1.24 bits per heavy atom. The molecule has 1 saturated heterocycles. The molecule has 6 nitrogen and oxygen atoms in total. The lowest BCUT2D eigenvalue weighted by Gasteiger charge is -2.30. The second kappa shape index (κ2) is 5.86. The van der Waals surface area contributed by atoms with Gasteiger partial charge in [0.1, 0.15) is 6.04 Å². The van der Waals surface area contributed by atoms with Gasteiger partial charge in [0.2, 0.25) is 11.8 Å². The van der Waals surface area contributed by atoms with Gasteiger partial charge in [-0.3, -0.25) is 9.59 Å². The van der Waals surface area contributed by atoms with Gasteiger partial charge in [-0.2, -0.15) is 0 Å². The number of ether oxygens (including phenoxy) is 2. The maximum atomic E-state index is 13.1. The summed E-state index contributed by atoms with van der Waals surface area (Å²) in [5, 5.41) is 2.66. The second-order valence-electron chi connectivity index (χ2n) is 7.22. The number of fused-ring (bicyclic) bond motifs is 1. The zero-order valence-electron chi connectivity index (χ0n) is 14.3. The number of likely N-dealkylation sites (tertiary alicyclic amines) is 1. The lowest BCUT2D eigenvalue weighted by molar-refractivity contribution is -0.286. The first-order valence-corrected chi connectivity index (χ1v) is 8.09. The summed E-state index contributed by atoms with van der Waals surface area (Å²) in [6.45, 7) is 5.95. The Balaban J connectivity index is 1.72. The van der Waals surface area contributed by atoms with Crippen LogP contribution in [0.4, 0.5) is 14.5 Å². The first-order chi connectivity index (χ1) is 11.6. The molecule has 3 rings (SSSR count). The number of hydrogen-bond acceptors (Lipinski definition) is 4.